The molecule has 1 aromatic carbocycles. The van der Waals surface area contributed by atoms with Gasteiger partial charge in [-0.15, -0.1) is 0 Å². The summed E-state index contributed by atoms with van der Waals surface area (Å²) in [5, 5.41) is 0. The zero-order chi connectivity index (χ0) is 16.8. The number of ketones is 1. The van der Waals surface area contributed by atoms with Gasteiger partial charge < -0.3 is 13.7 Å². The van der Waals surface area contributed by atoms with Crippen LogP contribution in [-0.2, 0) is 15.8 Å². The Bertz CT molecular complexity index is 545. The summed E-state index contributed by atoms with van der Waals surface area (Å²) in [5.74, 6) is -0.590. The highest BCUT2D eigenvalue weighted by Crippen LogP contribution is 2.28. The van der Waals surface area contributed by atoms with Gasteiger partial charge >= 0.3 is 16.6 Å². The summed E-state index contributed by atoms with van der Waals surface area (Å²) in [6.07, 6.45) is 0.561. The highest BCUT2D eigenvalue weighted by molar-refractivity contribution is 7.81. The molecule has 0 radical (unpaired) electrons. The van der Waals surface area contributed by atoms with Crippen molar-refractivity contribution >= 4 is 16.9 Å². The Kier molecular flexibility index (Phi) is 6.82. The lowest BCUT2D eigenvalue weighted by Gasteiger charge is -2.11. The molecule has 0 aliphatic rings. The third kappa shape index (κ3) is 6.02. The zero-order valence-electron chi connectivity index (χ0n) is 11.9. The Morgan fingerprint density at radius 3 is 2.36 bits per heavy atom. The summed E-state index contributed by atoms with van der Waals surface area (Å²) in [7, 11) is 1.52. The second-order valence-corrected chi connectivity index (χ2v) is 5.31. The molecule has 1 aromatic rings. The molecule has 0 aliphatic heterocycles. The minimum atomic E-state index is -5.01. The van der Waals surface area contributed by atoms with E-state index in [2.05, 4.69) is 4.18 Å². The number of hydrogen-bond acceptors (Lipinski definition) is 5. The smallest absolute Gasteiger partial charge is 0.493 e. The van der Waals surface area contributed by atoms with Crippen molar-refractivity contribution in [1.29, 1.82) is 0 Å². The monoisotopic (exact) mass is 340 g/mol. The van der Waals surface area contributed by atoms with E-state index in [-0.39, 0.29) is 29.5 Å². The molecule has 9 heteroatoms. The molecule has 22 heavy (non-hydrogen) atoms. The Morgan fingerprint density at radius 1 is 1.18 bits per heavy atom. The van der Waals surface area contributed by atoms with Gasteiger partial charge in [0.15, 0.2) is 5.78 Å². The molecule has 5 nitrogen and oxygen atoms in total. The van der Waals surface area contributed by atoms with Gasteiger partial charge in [-0.05, 0) is 19.1 Å². The minimum Gasteiger partial charge on any atom is -0.493 e. The summed E-state index contributed by atoms with van der Waals surface area (Å²) < 4.78 is 62.2. The van der Waals surface area contributed by atoms with E-state index < -0.39 is 16.6 Å². The molecule has 0 N–H and O–H groups in total. The molecule has 0 saturated carbocycles. The van der Waals surface area contributed by atoms with Crippen molar-refractivity contribution in [2.45, 2.75) is 18.9 Å². The van der Waals surface area contributed by atoms with Crippen LogP contribution >= 0.6 is 0 Å². The number of carbonyl (C=O) groups is 1. The molecule has 124 valence electrons. The van der Waals surface area contributed by atoms with Crippen LogP contribution in [0.15, 0.2) is 18.2 Å². The Hall–Kier alpha value is -1.61. The van der Waals surface area contributed by atoms with E-state index in [9.17, 15) is 22.2 Å². The zero-order valence-corrected chi connectivity index (χ0v) is 12.8. The van der Waals surface area contributed by atoms with Gasteiger partial charge in [0.1, 0.15) is 11.5 Å². The number of methoxy groups -OCH3 is 1. The second kappa shape index (κ2) is 8.14. The van der Waals surface area contributed by atoms with Crippen molar-refractivity contribution in [2.75, 3.05) is 20.3 Å². The molecule has 0 aliphatic carbocycles. The maximum absolute atomic E-state index is 12.2. The van der Waals surface area contributed by atoms with Gasteiger partial charge in [0.05, 0.1) is 6.61 Å². The number of rotatable bonds is 8. The topological polar surface area (TPSA) is 61.8 Å². The van der Waals surface area contributed by atoms with Crippen LogP contribution in [0.2, 0.25) is 0 Å². The average molecular weight is 340 g/mol. The van der Waals surface area contributed by atoms with Gasteiger partial charge in [-0.1, -0.05) is 0 Å². The van der Waals surface area contributed by atoms with E-state index in [0.29, 0.717) is 13.0 Å². The van der Waals surface area contributed by atoms with Crippen LogP contribution < -0.4 is 8.92 Å². The first kappa shape index (κ1) is 18.4. The molecule has 1 unspecified atom stereocenters. The third-order valence-electron chi connectivity index (χ3n) is 2.41. The second-order valence-electron chi connectivity index (χ2n) is 4.21. The van der Waals surface area contributed by atoms with Gasteiger partial charge in [-0.3, -0.25) is 4.79 Å². The lowest BCUT2D eigenvalue weighted by molar-refractivity contribution is -0.0437. The normalized spacial score (nSPS) is 12.8. The Labute approximate surface area is 128 Å². The molecule has 0 amide bonds. The van der Waals surface area contributed by atoms with Crippen molar-refractivity contribution in [3.63, 3.8) is 0 Å². The highest BCUT2D eigenvalue weighted by Gasteiger charge is 2.40. The predicted molar refractivity (Wildman–Crippen MR) is 73.3 cm³/mol. The molecular formula is C13H15F3O5S. The highest BCUT2D eigenvalue weighted by atomic mass is 32.2. The van der Waals surface area contributed by atoms with Crippen LogP contribution in [0, 0.1) is 0 Å². The van der Waals surface area contributed by atoms with Crippen LogP contribution in [0.1, 0.15) is 23.7 Å². The van der Waals surface area contributed by atoms with E-state index in [1.165, 1.54) is 20.1 Å². The first-order valence-corrected chi connectivity index (χ1v) is 7.26. The first-order chi connectivity index (χ1) is 10.2. The van der Waals surface area contributed by atoms with Crippen molar-refractivity contribution < 1.29 is 35.8 Å². The summed E-state index contributed by atoms with van der Waals surface area (Å²) in [6, 6.07) is 3.59. The van der Waals surface area contributed by atoms with Gasteiger partial charge in [-0.25, -0.2) is 4.21 Å². The first-order valence-electron chi connectivity index (χ1n) is 6.18. The molecule has 1 rings (SSSR count). The van der Waals surface area contributed by atoms with Crippen molar-refractivity contribution in [3.05, 3.63) is 23.8 Å². The Balaban J connectivity index is 2.89. The van der Waals surface area contributed by atoms with Gasteiger partial charge in [0, 0.05) is 31.8 Å². The lowest BCUT2D eigenvalue weighted by atomic mass is 10.1. The van der Waals surface area contributed by atoms with Crippen molar-refractivity contribution in [3.8, 4) is 11.5 Å². The number of Topliss-reactive ketones (excluding diaryl/α,β-unsaturated/α-hetero) is 1. The molecule has 1 atom stereocenters. The molecule has 0 fully saturated rings. The van der Waals surface area contributed by atoms with Crippen LogP contribution in [0.4, 0.5) is 13.2 Å². The number of alkyl halides is 3. The van der Waals surface area contributed by atoms with Crippen molar-refractivity contribution in [1.82, 2.24) is 0 Å². The van der Waals surface area contributed by atoms with Crippen LogP contribution in [0.3, 0.4) is 0 Å². The SMILES string of the molecule is COCCCOc1cc(OS(=O)C(F)(F)F)cc(C(C)=O)c1. The van der Waals surface area contributed by atoms with Gasteiger partial charge in [0.25, 0.3) is 0 Å². The maximum Gasteiger partial charge on any atom is 0.508 e. The summed E-state index contributed by atoms with van der Waals surface area (Å²) in [4.78, 5) is 11.4. The van der Waals surface area contributed by atoms with E-state index in [4.69, 9.17) is 9.47 Å². The van der Waals surface area contributed by atoms with Gasteiger partial charge in [0.2, 0.25) is 0 Å². The van der Waals surface area contributed by atoms with Gasteiger partial charge in [-0.2, -0.15) is 13.2 Å². The minimum absolute atomic E-state index is 0.0958. The molecule has 0 heterocycles. The molecule has 0 aromatic heterocycles. The van der Waals surface area contributed by atoms with Crippen LogP contribution in [0.25, 0.3) is 0 Å². The van der Waals surface area contributed by atoms with E-state index >= 15 is 0 Å². The summed E-state index contributed by atoms with van der Waals surface area (Å²) >= 11 is -3.51. The van der Waals surface area contributed by atoms with E-state index in [0.717, 1.165) is 12.1 Å². The van der Waals surface area contributed by atoms with Crippen LogP contribution in [-0.4, -0.2) is 35.8 Å². The largest absolute Gasteiger partial charge is 0.508 e. The maximum atomic E-state index is 12.2. The molecule has 0 bridgehead atoms. The fourth-order valence-corrected chi connectivity index (χ4v) is 1.80. The summed E-state index contributed by atoms with van der Waals surface area (Å²) in [6.45, 7) is 1.94. The standard InChI is InChI=1S/C13H15F3O5S/c1-9(17)10-6-11(20-5-3-4-19-2)8-12(7-10)21-22(18)13(14,15)16/h6-8H,3-5H2,1-2H3. The number of halogens is 3. The molecule has 0 saturated heterocycles. The molecular weight excluding hydrogens is 325 g/mol. The fraction of sp³-hybridized carbons (Fsp3) is 0.462. The third-order valence-corrected chi connectivity index (χ3v) is 3.13. The van der Waals surface area contributed by atoms with E-state index in [1.807, 2.05) is 0 Å². The summed E-state index contributed by atoms with van der Waals surface area (Å²) in [5.41, 5.74) is -4.91. The van der Waals surface area contributed by atoms with Crippen molar-refractivity contribution in [2.24, 2.45) is 0 Å². The molecule has 0 spiro atoms. The number of benzene rings is 1. The fourth-order valence-electron chi connectivity index (χ4n) is 1.43. The Morgan fingerprint density at radius 2 is 1.82 bits per heavy atom. The predicted octanol–water partition coefficient (Wildman–Crippen LogP) is 2.87. The van der Waals surface area contributed by atoms with Crippen LogP contribution in [0.5, 0.6) is 11.5 Å². The average Bonchev–Trinajstić information content (AvgIpc) is 2.42. The number of carbonyl (C=O) groups excluding carboxylic acids is 1. The van der Waals surface area contributed by atoms with E-state index in [1.54, 1.807) is 0 Å². The lowest BCUT2D eigenvalue weighted by Crippen LogP contribution is -2.21. The number of hydrogen-bond donors (Lipinski definition) is 0. The quantitative estimate of drug-likeness (QED) is 0.538. The number of ether oxygens (including phenoxy) is 2.